The van der Waals surface area contributed by atoms with E-state index in [9.17, 15) is 4.79 Å². The zero-order valence-electron chi connectivity index (χ0n) is 7.97. The van der Waals surface area contributed by atoms with Crippen LogP contribution in [0.1, 0.15) is 19.3 Å². The maximum atomic E-state index is 10.1. The van der Waals surface area contributed by atoms with Gasteiger partial charge in [-0.25, -0.2) is 14.8 Å². The molecule has 0 aromatic rings. The molecule has 0 bridgehead atoms. The monoisotopic (exact) mass is 245 g/mol. The first-order chi connectivity index (χ1) is 7.20. The van der Waals surface area contributed by atoms with E-state index in [1.807, 2.05) is 0 Å². The van der Waals surface area contributed by atoms with Crippen LogP contribution in [0.3, 0.4) is 0 Å². The van der Waals surface area contributed by atoms with E-state index in [2.05, 4.69) is 50.1 Å². The first-order valence-electron chi connectivity index (χ1n) is 4.31. The van der Waals surface area contributed by atoms with Crippen LogP contribution < -0.4 is 5.32 Å². The van der Waals surface area contributed by atoms with Gasteiger partial charge in [0, 0.05) is 6.54 Å². The minimum atomic E-state index is -1.01. The van der Waals surface area contributed by atoms with E-state index in [0.717, 1.165) is 12.8 Å². The Morgan fingerprint density at radius 1 is 1.33 bits per heavy atom. The second kappa shape index (κ2) is 9.43. The first kappa shape index (κ1) is 13.9. The summed E-state index contributed by atoms with van der Waals surface area (Å²) in [6.45, 7) is 0.421. The number of nitrogens with one attached hydrogen (secondary N) is 1. The van der Waals surface area contributed by atoms with Crippen LogP contribution in [0.4, 0.5) is 4.79 Å². The van der Waals surface area contributed by atoms with Gasteiger partial charge in [0.15, 0.2) is 6.17 Å². The number of nitrogens with zero attached hydrogens (tertiary/aromatic N) is 2. The second-order valence-electron chi connectivity index (χ2n) is 2.65. The lowest BCUT2D eigenvalue weighted by Crippen LogP contribution is -2.21. The quantitative estimate of drug-likeness (QED) is 0.408. The maximum absolute atomic E-state index is 10.1. The summed E-state index contributed by atoms with van der Waals surface area (Å²) in [5, 5.41) is 15.0. The van der Waals surface area contributed by atoms with Crippen molar-refractivity contribution < 1.29 is 9.90 Å². The summed E-state index contributed by atoms with van der Waals surface area (Å²) in [6, 6.07) is 0. The van der Waals surface area contributed by atoms with Crippen molar-refractivity contribution in [3.63, 3.8) is 0 Å². The molecule has 0 aromatic heterocycles. The third-order valence-electron chi connectivity index (χ3n) is 1.57. The molecule has 0 spiro atoms. The molecule has 2 N–H and O–H groups in total. The van der Waals surface area contributed by atoms with E-state index in [0.29, 0.717) is 13.0 Å². The van der Waals surface area contributed by atoms with E-state index >= 15 is 0 Å². The largest absolute Gasteiger partial charge is 0.465 e. The number of hydrogen-bond donors (Lipinski definition) is 2. The van der Waals surface area contributed by atoms with Crippen LogP contribution >= 0.6 is 24.4 Å². The smallest absolute Gasteiger partial charge is 0.404 e. The van der Waals surface area contributed by atoms with Crippen LogP contribution in [-0.2, 0) is 0 Å². The molecule has 0 saturated carbocycles. The van der Waals surface area contributed by atoms with Crippen molar-refractivity contribution in [2.75, 3.05) is 6.54 Å². The van der Waals surface area contributed by atoms with Crippen molar-refractivity contribution in [2.24, 2.45) is 9.98 Å². The van der Waals surface area contributed by atoms with Gasteiger partial charge in [-0.05, 0) is 43.7 Å². The molecule has 0 saturated heterocycles. The number of aliphatic imine (C=N–C) groups is 2. The third kappa shape index (κ3) is 9.18. The van der Waals surface area contributed by atoms with Crippen molar-refractivity contribution in [1.82, 2.24) is 5.32 Å². The molecule has 15 heavy (non-hydrogen) atoms. The van der Waals surface area contributed by atoms with Gasteiger partial charge in [0.2, 0.25) is 0 Å². The average molecular weight is 245 g/mol. The Morgan fingerprint density at radius 3 is 2.40 bits per heavy atom. The van der Waals surface area contributed by atoms with Gasteiger partial charge in [-0.15, -0.1) is 0 Å². The highest BCUT2D eigenvalue weighted by atomic mass is 32.1. The Labute approximate surface area is 98.3 Å². The second-order valence-corrected chi connectivity index (χ2v) is 3.01. The van der Waals surface area contributed by atoms with Crippen LogP contribution in [0, 0.1) is 0 Å². The summed E-state index contributed by atoms with van der Waals surface area (Å²) in [7, 11) is 0. The number of carboxylic acid groups (broad SMARTS) is 1. The first-order valence-corrected chi connectivity index (χ1v) is 5.13. The molecular weight excluding hydrogens is 234 g/mol. The molecule has 5 nitrogen and oxygen atoms in total. The number of amides is 1. The number of thiocarbonyl (C=S) groups is 2. The predicted octanol–water partition coefficient (Wildman–Crippen LogP) is 1.96. The highest BCUT2D eigenvalue weighted by molar-refractivity contribution is 7.78. The van der Waals surface area contributed by atoms with Crippen LogP contribution in [0.5, 0.6) is 0 Å². The predicted molar refractivity (Wildman–Crippen MR) is 63.7 cm³/mol. The van der Waals surface area contributed by atoms with Crippen LogP contribution in [0.2, 0.25) is 0 Å². The van der Waals surface area contributed by atoms with Gasteiger partial charge in [0.1, 0.15) is 0 Å². The summed E-state index contributed by atoms with van der Waals surface area (Å²) in [5.41, 5.74) is 0. The van der Waals surface area contributed by atoms with Gasteiger partial charge >= 0.3 is 6.09 Å². The molecule has 1 amide bonds. The van der Waals surface area contributed by atoms with E-state index in [4.69, 9.17) is 5.11 Å². The highest BCUT2D eigenvalue weighted by Gasteiger charge is 2.02. The van der Waals surface area contributed by atoms with Crippen molar-refractivity contribution in [1.29, 1.82) is 0 Å². The lowest BCUT2D eigenvalue weighted by molar-refractivity contribution is 0.194. The Bertz CT molecular complexity index is 278. The summed E-state index contributed by atoms with van der Waals surface area (Å²) in [4.78, 5) is 17.7. The molecule has 0 fully saturated rings. The van der Waals surface area contributed by atoms with Crippen molar-refractivity contribution in [2.45, 2.75) is 25.4 Å². The Hall–Kier alpha value is -1.13. The van der Waals surface area contributed by atoms with E-state index in [-0.39, 0.29) is 6.17 Å². The Balaban J connectivity index is 3.67. The van der Waals surface area contributed by atoms with Gasteiger partial charge in [0.05, 0.1) is 10.3 Å². The van der Waals surface area contributed by atoms with Crippen LogP contribution in [-0.4, -0.2) is 34.2 Å². The van der Waals surface area contributed by atoms with Crippen LogP contribution in [0.25, 0.3) is 0 Å². The maximum Gasteiger partial charge on any atom is 0.404 e. The zero-order valence-corrected chi connectivity index (χ0v) is 9.61. The number of isothiocyanates is 2. The molecule has 0 unspecified atom stereocenters. The topological polar surface area (TPSA) is 74.0 Å². The van der Waals surface area contributed by atoms with E-state index in [1.165, 1.54) is 0 Å². The zero-order chi connectivity index (χ0) is 11.5. The molecule has 0 rings (SSSR count). The minimum Gasteiger partial charge on any atom is -0.465 e. The van der Waals surface area contributed by atoms with Gasteiger partial charge in [-0.3, -0.25) is 0 Å². The summed E-state index contributed by atoms with van der Waals surface area (Å²) >= 11 is 8.90. The molecule has 0 atom stereocenters. The molecule has 0 radical (unpaired) electrons. The lowest BCUT2D eigenvalue weighted by atomic mass is 10.2. The number of carbonyl (C=O) groups is 1. The SMILES string of the molecule is O=C(O)NCCCCC(N=C=S)N=C=S. The van der Waals surface area contributed by atoms with Gasteiger partial charge in [-0.2, -0.15) is 0 Å². The number of hydrogen-bond acceptors (Lipinski definition) is 5. The Kier molecular flexibility index (Phi) is 8.72. The van der Waals surface area contributed by atoms with Crippen molar-refractivity contribution in [3.8, 4) is 0 Å². The highest BCUT2D eigenvalue weighted by Crippen LogP contribution is 2.04. The summed E-state index contributed by atoms with van der Waals surface area (Å²) < 4.78 is 0. The van der Waals surface area contributed by atoms with Gasteiger partial charge < -0.3 is 10.4 Å². The normalized spacial score (nSPS) is 10.7. The molecule has 0 aliphatic rings. The van der Waals surface area contributed by atoms with Crippen LogP contribution in [0.15, 0.2) is 9.98 Å². The van der Waals surface area contributed by atoms with E-state index < -0.39 is 6.09 Å². The van der Waals surface area contributed by atoms with E-state index in [1.54, 1.807) is 0 Å². The molecule has 82 valence electrons. The molecular formula is C8H11N3O2S2. The molecule has 0 aliphatic heterocycles. The van der Waals surface area contributed by atoms with Gasteiger partial charge in [-0.1, -0.05) is 0 Å². The minimum absolute atomic E-state index is 0.329. The number of rotatable bonds is 7. The summed E-state index contributed by atoms with van der Waals surface area (Å²) in [6.07, 6.45) is 0.827. The molecule has 0 heterocycles. The van der Waals surface area contributed by atoms with Crippen molar-refractivity contribution >= 4 is 40.9 Å². The fourth-order valence-electron chi connectivity index (χ4n) is 0.927. The Morgan fingerprint density at radius 2 is 1.93 bits per heavy atom. The summed E-state index contributed by atoms with van der Waals surface area (Å²) in [5.74, 6) is 0. The molecule has 0 aromatic carbocycles. The standard InChI is InChI=1S/C8H11N3O2S2/c12-8(13)9-4-2-1-3-7(10-5-14)11-6-15/h7,9H,1-4H2,(H,12,13). The average Bonchev–Trinajstić information content (AvgIpc) is 2.17. The van der Waals surface area contributed by atoms with Gasteiger partial charge in [0.25, 0.3) is 0 Å². The lowest BCUT2D eigenvalue weighted by Gasteiger charge is -2.03. The fourth-order valence-corrected chi connectivity index (χ4v) is 1.17. The third-order valence-corrected chi connectivity index (χ3v) is 1.78. The molecule has 7 heteroatoms. The molecule has 0 aliphatic carbocycles. The van der Waals surface area contributed by atoms with Crippen molar-refractivity contribution in [3.05, 3.63) is 0 Å². The number of unbranched alkanes of at least 4 members (excludes halogenated alkanes) is 1. The fraction of sp³-hybridized carbons (Fsp3) is 0.625.